The number of carbonyl (C=O) groups is 1. The van der Waals surface area contributed by atoms with Gasteiger partial charge in [-0.3, -0.25) is 0 Å². The smallest absolute Gasteiger partial charge is 0.343 e. The van der Waals surface area contributed by atoms with Gasteiger partial charge in [-0.25, -0.2) is 9.69 Å². The van der Waals surface area contributed by atoms with Gasteiger partial charge >= 0.3 is 5.97 Å². The second-order valence-electron chi connectivity index (χ2n) is 9.68. The highest BCUT2D eigenvalue weighted by molar-refractivity contribution is 5.85. The van der Waals surface area contributed by atoms with Crippen LogP contribution in [0.5, 0.6) is 0 Å². The Hall–Kier alpha value is -1.18. The SMILES string of the molecule is CC12CCC3(C)OCC(COC(=O)C(O)(c4ccccc4)C4CCCC4)(CO1)N23.Cl. The molecule has 4 fully saturated rings. The summed E-state index contributed by atoms with van der Waals surface area (Å²) in [7, 11) is 0. The van der Waals surface area contributed by atoms with Crippen molar-refractivity contribution < 1.29 is 24.1 Å². The molecule has 3 heterocycles. The van der Waals surface area contributed by atoms with Gasteiger partial charge in [-0.1, -0.05) is 43.2 Å². The molecule has 0 spiro atoms. The van der Waals surface area contributed by atoms with E-state index in [1.165, 1.54) is 0 Å². The van der Waals surface area contributed by atoms with Gasteiger partial charge in [0, 0.05) is 5.92 Å². The predicted molar refractivity (Wildman–Crippen MR) is 113 cm³/mol. The third-order valence-corrected chi connectivity index (χ3v) is 7.72. The molecule has 30 heavy (non-hydrogen) atoms. The number of rotatable bonds is 5. The van der Waals surface area contributed by atoms with Crippen molar-refractivity contribution in [3.05, 3.63) is 35.9 Å². The Labute approximate surface area is 184 Å². The maximum atomic E-state index is 13.4. The highest BCUT2D eigenvalue weighted by atomic mass is 35.5. The third kappa shape index (κ3) is 3.03. The number of hydrogen-bond acceptors (Lipinski definition) is 6. The summed E-state index contributed by atoms with van der Waals surface area (Å²) in [5, 5.41) is 11.6. The minimum Gasteiger partial charge on any atom is -0.461 e. The van der Waals surface area contributed by atoms with Crippen LogP contribution in [0.2, 0.25) is 0 Å². The van der Waals surface area contributed by atoms with E-state index in [0.29, 0.717) is 18.8 Å². The molecule has 0 aromatic heterocycles. The zero-order chi connectivity index (χ0) is 20.3. The number of esters is 1. The molecule has 1 aliphatic carbocycles. The minimum atomic E-state index is -1.61. The molecule has 3 unspecified atom stereocenters. The van der Waals surface area contributed by atoms with Crippen LogP contribution in [0.25, 0.3) is 0 Å². The van der Waals surface area contributed by atoms with Crippen molar-refractivity contribution >= 4 is 18.4 Å². The van der Waals surface area contributed by atoms with Crippen LogP contribution in [0.4, 0.5) is 0 Å². The average Bonchev–Trinajstić information content (AvgIpc) is 3.48. The lowest BCUT2D eigenvalue weighted by Crippen LogP contribution is -2.57. The van der Waals surface area contributed by atoms with Crippen molar-refractivity contribution in [2.45, 2.75) is 75.0 Å². The molecule has 0 bridgehead atoms. The van der Waals surface area contributed by atoms with Crippen LogP contribution < -0.4 is 0 Å². The topological polar surface area (TPSA) is 68.2 Å². The molecule has 1 aromatic rings. The molecule has 5 rings (SSSR count). The van der Waals surface area contributed by atoms with Crippen molar-refractivity contribution in [3.63, 3.8) is 0 Å². The lowest BCUT2D eigenvalue weighted by atomic mass is 9.80. The maximum absolute atomic E-state index is 13.4. The quantitative estimate of drug-likeness (QED) is 0.712. The molecule has 0 radical (unpaired) electrons. The summed E-state index contributed by atoms with van der Waals surface area (Å²) in [6, 6.07) is 9.26. The van der Waals surface area contributed by atoms with Gasteiger partial charge in [-0.05, 0) is 45.1 Å². The highest BCUT2D eigenvalue weighted by Gasteiger charge is 2.69. The summed E-state index contributed by atoms with van der Waals surface area (Å²) in [6.07, 6.45) is 5.52. The number of carbonyl (C=O) groups excluding carboxylic acids is 1. The molecule has 166 valence electrons. The molecule has 7 heteroatoms. The van der Waals surface area contributed by atoms with Crippen molar-refractivity contribution in [2.24, 2.45) is 5.92 Å². The molecule has 3 saturated heterocycles. The summed E-state index contributed by atoms with van der Waals surface area (Å²) in [5.74, 6) is -0.664. The molecule has 1 aromatic carbocycles. The van der Waals surface area contributed by atoms with Gasteiger partial charge < -0.3 is 19.3 Å². The molecule has 0 amide bonds. The average molecular weight is 438 g/mol. The van der Waals surface area contributed by atoms with Gasteiger partial charge in [0.15, 0.2) is 5.60 Å². The zero-order valence-corrected chi connectivity index (χ0v) is 18.6. The fourth-order valence-electron chi connectivity index (χ4n) is 6.23. The van der Waals surface area contributed by atoms with Gasteiger partial charge in [-0.15, -0.1) is 12.4 Å². The first kappa shape index (κ1) is 22.0. The number of nitrogens with zero attached hydrogens (tertiary/aromatic N) is 1. The number of hydrogen-bond donors (Lipinski definition) is 1. The first-order valence-electron chi connectivity index (χ1n) is 10.9. The lowest BCUT2D eigenvalue weighted by Gasteiger charge is -2.38. The first-order chi connectivity index (χ1) is 13.8. The number of aliphatic hydroxyl groups is 1. The number of halogens is 1. The van der Waals surface area contributed by atoms with Crippen molar-refractivity contribution in [2.75, 3.05) is 19.8 Å². The second-order valence-corrected chi connectivity index (χ2v) is 9.68. The van der Waals surface area contributed by atoms with Gasteiger partial charge in [0.05, 0.1) is 13.2 Å². The van der Waals surface area contributed by atoms with E-state index in [1.807, 2.05) is 30.3 Å². The standard InChI is InChI=1S/C23H31NO5.ClH/c1-20-12-13-21(2)24(20)22(15-28-20,16-29-21)14-27-19(25)23(26,18-10-6-7-11-18)17-8-4-3-5-9-17;/h3-5,8-9,18,26H,6-7,10-16H2,1-2H3;1H. The van der Waals surface area contributed by atoms with Crippen molar-refractivity contribution in [1.82, 2.24) is 4.90 Å². The number of benzene rings is 1. The second kappa shape index (κ2) is 7.45. The van der Waals surface area contributed by atoms with Crippen molar-refractivity contribution in [3.8, 4) is 0 Å². The molecule has 3 aliphatic heterocycles. The highest BCUT2D eigenvalue weighted by Crippen LogP contribution is 2.55. The lowest BCUT2D eigenvalue weighted by molar-refractivity contribution is -0.177. The van der Waals surface area contributed by atoms with E-state index in [9.17, 15) is 9.90 Å². The Morgan fingerprint density at radius 1 is 1.13 bits per heavy atom. The van der Waals surface area contributed by atoms with Gasteiger partial charge in [0.1, 0.15) is 23.6 Å². The van der Waals surface area contributed by atoms with Crippen molar-refractivity contribution in [1.29, 1.82) is 0 Å². The van der Waals surface area contributed by atoms with E-state index in [4.69, 9.17) is 14.2 Å². The first-order valence-corrected chi connectivity index (χ1v) is 10.9. The molecule has 1 N–H and O–H groups in total. The Balaban J connectivity index is 0.00000218. The summed E-state index contributed by atoms with van der Waals surface area (Å²) >= 11 is 0. The molecule has 6 nitrogen and oxygen atoms in total. The number of ether oxygens (including phenoxy) is 3. The Morgan fingerprint density at radius 2 is 1.70 bits per heavy atom. The van der Waals surface area contributed by atoms with Crippen LogP contribution in [0.15, 0.2) is 30.3 Å². The normalized spacial score (nSPS) is 37.6. The summed E-state index contributed by atoms with van der Waals surface area (Å²) < 4.78 is 18.2. The van der Waals surface area contributed by atoms with Crippen LogP contribution in [0.1, 0.15) is 57.9 Å². The van der Waals surface area contributed by atoms with E-state index in [2.05, 4.69) is 18.7 Å². The molecule has 3 atom stereocenters. The van der Waals surface area contributed by atoms with Crippen LogP contribution in [-0.4, -0.2) is 52.8 Å². The van der Waals surface area contributed by atoms with Crippen LogP contribution in [0.3, 0.4) is 0 Å². The monoisotopic (exact) mass is 437 g/mol. The maximum Gasteiger partial charge on any atom is 0.343 e. The molecular weight excluding hydrogens is 406 g/mol. The predicted octanol–water partition coefficient (Wildman–Crippen LogP) is 3.36. The largest absolute Gasteiger partial charge is 0.461 e. The van der Waals surface area contributed by atoms with E-state index in [-0.39, 0.29) is 36.4 Å². The van der Waals surface area contributed by atoms with Crippen LogP contribution in [0, 0.1) is 5.92 Å². The van der Waals surface area contributed by atoms with Gasteiger partial charge in [0.25, 0.3) is 0 Å². The minimum absolute atomic E-state index is 0. The molecule has 1 saturated carbocycles. The van der Waals surface area contributed by atoms with Gasteiger partial charge in [0.2, 0.25) is 0 Å². The third-order valence-electron chi connectivity index (χ3n) is 7.72. The van der Waals surface area contributed by atoms with Crippen LogP contribution >= 0.6 is 12.4 Å². The Kier molecular flexibility index (Phi) is 5.47. The van der Waals surface area contributed by atoms with E-state index in [1.54, 1.807) is 0 Å². The molecular formula is C23H32ClNO5. The Bertz CT molecular complexity index is 778. The zero-order valence-electron chi connectivity index (χ0n) is 17.8. The van der Waals surface area contributed by atoms with Crippen LogP contribution in [-0.2, 0) is 24.6 Å². The summed E-state index contributed by atoms with van der Waals surface area (Å²) in [5.41, 5.74) is -2.22. The van der Waals surface area contributed by atoms with E-state index < -0.39 is 17.1 Å². The fourth-order valence-corrected chi connectivity index (χ4v) is 6.23. The summed E-state index contributed by atoms with van der Waals surface area (Å²) in [6.45, 7) is 5.29. The molecule has 4 aliphatic rings. The van der Waals surface area contributed by atoms with E-state index >= 15 is 0 Å². The van der Waals surface area contributed by atoms with Gasteiger partial charge in [-0.2, -0.15) is 0 Å². The van der Waals surface area contributed by atoms with E-state index in [0.717, 1.165) is 38.5 Å². The fraction of sp³-hybridized carbons (Fsp3) is 0.696. The summed E-state index contributed by atoms with van der Waals surface area (Å²) in [4.78, 5) is 15.6. The Morgan fingerprint density at radius 3 is 2.27 bits per heavy atom.